The molecule has 0 N–H and O–H groups in total. The molecule has 2 heterocycles. The summed E-state index contributed by atoms with van der Waals surface area (Å²) in [6.45, 7) is 9.49. The van der Waals surface area contributed by atoms with Gasteiger partial charge in [0.2, 0.25) is 0 Å². The molecule has 2 aliphatic rings. The molecule has 16 aromatic rings. The summed E-state index contributed by atoms with van der Waals surface area (Å²) in [6, 6.07) is 116. The summed E-state index contributed by atoms with van der Waals surface area (Å²) in [7, 11) is 0. The van der Waals surface area contributed by atoms with Gasteiger partial charge in [-0.3, -0.25) is 0 Å². The number of hydrogen-bond donors (Lipinski definition) is 0. The largest absolute Gasteiger partial charge is 0.310 e. The van der Waals surface area contributed by atoms with Crippen LogP contribution >= 0.6 is 22.7 Å². The van der Waals surface area contributed by atoms with Crippen LogP contribution in [0.5, 0.6) is 0 Å². The van der Waals surface area contributed by atoms with Crippen LogP contribution < -0.4 is 9.80 Å². The topological polar surface area (TPSA) is 6.48 Å². The molecule has 0 spiro atoms. The lowest BCUT2D eigenvalue weighted by molar-refractivity contribution is 0.661. The minimum absolute atomic E-state index is 0.0629. The molecule has 0 bridgehead atoms. The van der Waals surface area contributed by atoms with E-state index in [2.05, 4.69) is 353 Å². The first-order valence-corrected chi connectivity index (χ1v) is 33.5. The Kier molecular flexibility index (Phi) is 13.3. The summed E-state index contributed by atoms with van der Waals surface area (Å²) >= 11 is 3.80. The SMILES string of the molecule is CC1(C)c2ccc(N(c3ccc(-c4ccccc4)cc3)c3ccc(-c4ccccc4)cc3)cc2-c2cc3c(cc21)sc1ccccc13.CC1(C)c2ccc(N(c3ccccc3)c3ccc(-c4ccc5ccccc5c4)cc3)cc2-c2cc3c(cc21)sc1ccccc13. The standard InChI is InChI=1S/C45H33NS.C43H31NS/c1-45(2)41-26-25-36(27-38(41)39-28-40-37-15-9-10-16-43(37)47-44(40)29-42(39)45)46(34-21-17-32(18-22-34)30-11-5-3-6-12-30)35-23-19-33(20-24-35)31-13-7-4-8-14-31;1-43(2)39-23-22-34(25-36(39)37-26-38-35-14-8-9-15-41(35)45-42(38)27-40(37)43)44(32-12-4-3-5-13-32)33-20-18-29(19-21-33)31-17-16-28-10-6-7-11-30(28)24-31/h3-29H,1-2H3;3-27H,1-2H3. The highest BCUT2D eigenvalue weighted by atomic mass is 32.1. The van der Waals surface area contributed by atoms with Crippen LogP contribution in [0.1, 0.15) is 49.9 Å². The van der Waals surface area contributed by atoms with E-state index in [-0.39, 0.29) is 10.8 Å². The summed E-state index contributed by atoms with van der Waals surface area (Å²) in [5.74, 6) is 0. The van der Waals surface area contributed by atoms with Gasteiger partial charge >= 0.3 is 0 Å². The molecule has 2 aromatic heterocycles. The van der Waals surface area contributed by atoms with Crippen LogP contribution in [0.25, 0.3) is 107 Å². The van der Waals surface area contributed by atoms with Gasteiger partial charge in [0.05, 0.1) is 0 Å². The molecule has 438 valence electrons. The Morgan fingerprint density at radius 1 is 0.217 bits per heavy atom. The van der Waals surface area contributed by atoms with Crippen molar-refractivity contribution in [2.75, 3.05) is 9.80 Å². The number of thiophene rings is 2. The number of para-hydroxylation sites is 1. The number of rotatable bonds is 9. The van der Waals surface area contributed by atoms with Crippen molar-refractivity contribution in [1.29, 1.82) is 0 Å². The third-order valence-corrected chi connectivity index (χ3v) is 21.8. The Morgan fingerprint density at radius 2 is 0.554 bits per heavy atom. The normalized spacial score (nSPS) is 13.2. The number of fused-ring (bicyclic) bond motifs is 13. The molecule has 2 aliphatic carbocycles. The smallest absolute Gasteiger partial charge is 0.0468 e. The Balaban J connectivity index is 0.000000141. The molecule has 0 amide bonds. The molecule has 18 rings (SSSR count). The van der Waals surface area contributed by atoms with Crippen LogP contribution in [0.2, 0.25) is 0 Å². The van der Waals surface area contributed by atoms with E-state index in [4.69, 9.17) is 0 Å². The summed E-state index contributed by atoms with van der Waals surface area (Å²) in [6.07, 6.45) is 0. The van der Waals surface area contributed by atoms with Gasteiger partial charge in [-0.25, -0.2) is 0 Å². The Bertz CT molecular complexity index is 5410. The fourth-order valence-corrected chi connectivity index (χ4v) is 17.0. The first kappa shape index (κ1) is 55.4. The zero-order valence-electron chi connectivity index (χ0n) is 51.7. The maximum absolute atomic E-state index is 2.46. The van der Waals surface area contributed by atoms with E-state index < -0.39 is 0 Å². The number of nitrogens with zero attached hydrogens (tertiary/aromatic N) is 2. The van der Waals surface area contributed by atoms with Crippen molar-refractivity contribution >= 4 is 108 Å². The van der Waals surface area contributed by atoms with E-state index in [1.807, 2.05) is 22.7 Å². The molecule has 92 heavy (non-hydrogen) atoms. The zero-order valence-corrected chi connectivity index (χ0v) is 53.4. The molecule has 14 aromatic carbocycles. The third-order valence-electron chi connectivity index (χ3n) is 19.5. The number of benzene rings is 14. The lowest BCUT2D eigenvalue weighted by Gasteiger charge is -2.27. The third kappa shape index (κ3) is 9.43. The fraction of sp³-hybridized carbons (Fsp3) is 0.0682. The summed E-state index contributed by atoms with van der Waals surface area (Å²) in [4.78, 5) is 4.78. The van der Waals surface area contributed by atoms with Gasteiger partial charge in [0.1, 0.15) is 0 Å². The minimum atomic E-state index is -0.0763. The first-order chi connectivity index (χ1) is 45.1. The van der Waals surface area contributed by atoms with Crippen LogP contribution in [0.15, 0.2) is 315 Å². The Labute approximate surface area is 545 Å². The van der Waals surface area contributed by atoms with Crippen LogP contribution in [-0.2, 0) is 10.8 Å². The summed E-state index contributed by atoms with van der Waals surface area (Å²) in [5.41, 5.74) is 25.0. The maximum Gasteiger partial charge on any atom is 0.0468 e. The van der Waals surface area contributed by atoms with E-state index in [0.29, 0.717) is 0 Å². The van der Waals surface area contributed by atoms with Crippen LogP contribution in [0.3, 0.4) is 0 Å². The van der Waals surface area contributed by atoms with Gasteiger partial charge < -0.3 is 9.80 Å². The van der Waals surface area contributed by atoms with E-state index in [0.717, 1.165) is 34.1 Å². The number of anilines is 6. The lowest BCUT2D eigenvalue weighted by Crippen LogP contribution is -2.15. The highest BCUT2D eigenvalue weighted by Crippen LogP contribution is 2.55. The fourth-order valence-electron chi connectivity index (χ4n) is 14.7. The van der Waals surface area contributed by atoms with Crippen molar-refractivity contribution in [1.82, 2.24) is 0 Å². The van der Waals surface area contributed by atoms with Gasteiger partial charge in [-0.1, -0.05) is 228 Å². The van der Waals surface area contributed by atoms with Crippen molar-refractivity contribution in [3.8, 4) is 55.6 Å². The van der Waals surface area contributed by atoms with E-state index in [1.165, 1.54) is 129 Å². The highest BCUT2D eigenvalue weighted by Gasteiger charge is 2.38. The molecule has 0 fully saturated rings. The molecular formula is C88H64N2S2. The average molecular weight is 1210 g/mol. The van der Waals surface area contributed by atoms with E-state index in [1.54, 1.807) is 0 Å². The number of hydrogen-bond acceptors (Lipinski definition) is 4. The Hall–Kier alpha value is -10.6. The van der Waals surface area contributed by atoms with Gasteiger partial charge in [0.15, 0.2) is 0 Å². The second-order valence-electron chi connectivity index (χ2n) is 25.6. The predicted molar refractivity (Wildman–Crippen MR) is 397 cm³/mol. The monoisotopic (exact) mass is 1210 g/mol. The van der Waals surface area contributed by atoms with Crippen LogP contribution in [0, 0.1) is 0 Å². The van der Waals surface area contributed by atoms with Gasteiger partial charge in [-0.15, -0.1) is 22.7 Å². The molecule has 0 aliphatic heterocycles. The molecular weight excluding hydrogens is 1150 g/mol. The molecule has 0 atom stereocenters. The maximum atomic E-state index is 2.46. The van der Waals surface area contributed by atoms with Crippen LogP contribution in [-0.4, -0.2) is 0 Å². The lowest BCUT2D eigenvalue weighted by atomic mass is 9.82. The highest BCUT2D eigenvalue weighted by molar-refractivity contribution is 7.26. The van der Waals surface area contributed by atoms with Crippen molar-refractivity contribution < 1.29 is 0 Å². The van der Waals surface area contributed by atoms with Crippen molar-refractivity contribution in [2.24, 2.45) is 0 Å². The van der Waals surface area contributed by atoms with Crippen molar-refractivity contribution in [3.05, 3.63) is 338 Å². The molecule has 0 saturated heterocycles. The van der Waals surface area contributed by atoms with Gasteiger partial charge in [0, 0.05) is 85.3 Å². The zero-order chi connectivity index (χ0) is 61.7. The molecule has 0 unspecified atom stereocenters. The Morgan fingerprint density at radius 3 is 1.01 bits per heavy atom. The van der Waals surface area contributed by atoms with Gasteiger partial charge in [-0.2, -0.15) is 0 Å². The molecule has 4 heteroatoms. The molecule has 2 nitrogen and oxygen atoms in total. The van der Waals surface area contributed by atoms with Crippen molar-refractivity contribution in [3.63, 3.8) is 0 Å². The summed E-state index contributed by atoms with van der Waals surface area (Å²) in [5, 5.41) is 7.92. The van der Waals surface area contributed by atoms with Crippen LogP contribution in [0.4, 0.5) is 34.1 Å². The summed E-state index contributed by atoms with van der Waals surface area (Å²) < 4.78 is 5.44. The molecule has 0 saturated carbocycles. The van der Waals surface area contributed by atoms with Gasteiger partial charge in [-0.05, 0) is 204 Å². The quantitative estimate of drug-likeness (QED) is 0.142. The first-order valence-electron chi connectivity index (χ1n) is 31.9. The van der Waals surface area contributed by atoms with E-state index >= 15 is 0 Å². The van der Waals surface area contributed by atoms with Gasteiger partial charge in [0.25, 0.3) is 0 Å². The second kappa shape index (κ2) is 22.1. The predicted octanol–water partition coefficient (Wildman–Crippen LogP) is 25.8. The average Bonchev–Trinajstić information content (AvgIpc) is 1.57. The minimum Gasteiger partial charge on any atom is -0.310 e. The van der Waals surface area contributed by atoms with Crippen molar-refractivity contribution in [2.45, 2.75) is 38.5 Å². The van der Waals surface area contributed by atoms with E-state index in [9.17, 15) is 0 Å². The second-order valence-corrected chi connectivity index (χ2v) is 27.8. The molecule has 0 radical (unpaired) electrons.